The van der Waals surface area contributed by atoms with E-state index >= 15 is 0 Å². The molecule has 3 N–H and O–H groups in total. The van der Waals surface area contributed by atoms with Crippen LogP contribution in [0.25, 0.3) is 10.1 Å². The van der Waals surface area contributed by atoms with E-state index in [0.717, 1.165) is 88.3 Å². The molecule has 2 aromatic carbocycles. The summed E-state index contributed by atoms with van der Waals surface area (Å²) in [5.74, 6) is 1.08. The van der Waals surface area contributed by atoms with E-state index in [2.05, 4.69) is 45.4 Å². The van der Waals surface area contributed by atoms with Gasteiger partial charge in [0.05, 0.1) is 12.3 Å². The maximum absolute atomic E-state index is 11.5. The zero-order valence-electron chi connectivity index (χ0n) is 19.0. The third-order valence-corrected chi connectivity index (χ3v) is 7.91. The van der Waals surface area contributed by atoms with Gasteiger partial charge in [0.25, 0.3) is 0 Å². The number of benzene rings is 2. The van der Waals surface area contributed by atoms with Crippen molar-refractivity contribution in [3.63, 3.8) is 0 Å². The quantitative estimate of drug-likeness (QED) is 0.490. The number of rotatable bonds is 7. The number of piperazine rings is 1. The van der Waals surface area contributed by atoms with Gasteiger partial charge in [-0.3, -0.25) is 4.90 Å². The average molecular weight is 465 g/mol. The Bertz CT molecular complexity index is 1120. The lowest BCUT2D eigenvalue weighted by Crippen LogP contribution is -2.46. The van der Waals surface area contributed by atoms with Crippen molar-refractivity contribution >= 4 is 38.8 Å². The lowest BCUT2D eigenvalue weighted by molar-refractivity contribution is 0.252. The van der Waals surface area contributed by atoms with E-state index < -0.39 is 6.03 Å². The highest BCUT2D eigenvalue weighted by Crippen LogP contribution is 2.36. The number of thiophene rings is 1. The Labute approximate surface area is 199 Å². The number of ether oxygens (including phenoxy) is 1. The van der Waals surface area contributed by atoms with Gasteiger partial charge in [-0.2, -0.15) is 0 Å². The summed E-state index contributed by atoms with van der Waals surface area (Å²) in [6.45, 7) is 6.25. The Kier molecular flexibility index (Phi) is 6.69. The fourth-order valence-corrected chi connectivity index (χ4v) is 6.11. The molecule has 0 aliphatic carbocycles. The number of hydrogen-bond acceptors (Lipinski definition) is 5. The molecule has 3 heterocycles. The first kappa shape index (κ1) is 22.0. The van der Waals surface area contributed by atoms with Crippen LogP contribution >= 0.6 is 11.3 Å². The van der Waals surface area contributed by atoms with E-state index in [1.165, 1.54) is 20.8 Å². The van der Waals surface area contributed by atoms with Gasteiger partial charge in [0.1, 0.15) is 5.75 Å². The molecule has 5 rings (SSSR count). The maximum Gasteiger partial charge on any atom is 0.316 e. The highest BCUT2D eigenvalue weighted by Gasteiger charge is 2.19. The van der Waals surface area contributed by atoms with E-state index in [0.29, 0.717) is 0 Å². The Morgan fingerprint density at radius 1 is 1.09 bits per heavy atom. The van der Waals surface area contributed by atoms with Crippen LogP contribution in [-0.4, -0.2) is 50.3 Å². The first-order chi connectivity index (χ1) is 16.2. The van der Waals surface area contributed by atoms with Crippen LogP contribution in [0.2, 0.25) is 0 Å². The van der Waals surface area contributed by atoms with Crippen LogP contribution in [0.5, 0.6) is 5.75 Å². The predicted molar refractivity (Wildman–Crippen MR) is 137 cm³/mol. The molecule has 6 nitrogen and oxygen atoms in total. The number of carbonyl (C=O) groups excluding carboxylic acids is 1. The number of nitrogens with two attached hydrogens (primary N) is 1. The molecule has 1 fully saturated rings. The Balaban J connectivity index is 1.10. The van der Waals surface area contributed by atoms with Crippen LogP contribution in [0.4, 0.5) is 16.2 Å². The highest BCUT2D eigenvalue weighted by atomic mass is 32.1. The second kappa shape index (κ2) is 10.0. The zero-order chi connectivity index (χ0) is 22.6. The van der Waals surface area contributed by atoms with Gasteiger partial charge in [0.2, 0.25) is 0 Å². The second-order valence-corrected chi connectivity index (χ2v) is 10.1. The van der Waals surface area contributed by atoms with Crippen LogP contribution in [0.1, 0.15) is 29.7 Å². The molecule has 1 aromatic heterocycles. The molecule has 2 aliphatic heterocycles. The van der Waals surface area contributed by atoms with Crippen molar-refractivity contribution in [2.24, 2.45) is 5.73 Å². The Hall–Kier alpha value is -2.77. The molecule has 2 aliphatic rings. The van der Waals surface area contributed by atoms with E-state index in [9.17, 15) is 4.79 Å². The summed E-state index contributed by atoms with van der Waals surface area (Å²) in [7, 11) is 0. The predicted octanol–water partition coefficient (Wildman–Crippen LogP) is 4.86. The number of nitrogens with one attached hydrogen (secondary N) is 1. The van der Waals surface area contributed by atoms with E-state index in [1.54, 1.807) is 11.3 Å². The SMILES string of the molecule is NC(=O)Nc1c(CCCCN2CCN(c3ccc4c(c3)OCCC4)CC2)sc2ccccc12. The number of anilines is 2. The number of amides is 2. The topological polar surface area (TPSA) is 70.8 Å². The van der Waals surface area contributed by atoms with Crippen molar-refractivity contribution in [3.05, 3.63) is 52.9 Å². The van der Waals surface area contributed by atoms with Gasteiger partial charge in [-0.1, -0.05) is 24.3 Å². The molecule has 1 saturated heterocycles. The first-order valence-corrected chi connectivity index (χ1v) is 12.8. The third kappa shape index (κ3) is 5.09. The summed E-state index contributed by atoms with van der Waals surface area (Å²) in [5.41, 5.74) is 8.94. The summed E-state index contributed by atoms with van der Waals surface area (Å²) in [6, 6.07) is 14.4. The number of hydrogen-bond donors (Lipinski definition) is 2. The average Bonchev–Trinajstić information content (AvgIpc) is 3.18. The van der Waals surface area contributed by atoms with Crippen molar-refractivity contribution in [1.29, 1.82) is 0 Å². The van der Waals surface area contributed by atoms with Crippen molar-refractivity contribution in [2.45, 2.75) is 32.1 Å². The summed E-state index contributed by atoms with van der Waals surface area (Å²) >= 11 is 1.76. The van der Waals surface area contributed by atoms with Crippen LogP contribution < -0.4 is 20.7 Å². The first-order valence-electron chi connectivity index (χ1n) is 12.0. The number of urea groups is 1. The molecule has 0 radical (unpaired) electrons. The molecule has 0 saturated carbocycles. The van der Waals surface area contributed by atoms with Crippen LogP contribution in [0.15, 0.2) is 42.5 Å². The normalized spacial score (nSPS) is 16.4. The zero-order valence-corrected chi connectivity index (χ0v) is 19.8. The summed E-state index contributed by atoms with van der Waals surface area (Å²) in [5, 5.41) is 3.93. The molecule has 0 spiro atoms. The third-order valence-electron chi connectivity index (χ3n) is 6.68. The van der Waals surface area contributed by atoms with E-state index in [1.807, 2.05) is 12.1 Å². The van der Waals surface area contributed by atoms with Gasteiger partial charge in [0, 0.05) is 52.9 Å². The largest absolute Gasteiger partial charge is 0.493 e. The number of carbonyl (C=O) groups is 1. The minimum absolute atomic E-state index is 0.497. The molecule has 3 aromatic rings. The molecule has 2 amide bonds. The summed E-state index contributed by atoms with van der Waals surface area (Å²) < 4.78 is 7.05. The van der Waals surface area contributed by atoms with Crippen molar-refractivity contribution in [2.75, 3.05) is 49.5 Å². The molecule has 7 heteroatoms. The number of fused-ring (bicyclic) bond motifs is 2. The van der Waals surface area contributed by atoms with Gasteiger partial charge in [0.15, 0.2) is 0 Å². The van der Waals surface area contributed by atoms with Gasteiger partial charge in [-0.25, -0.2) is 4.79 Å². The fourth-order valence-electron chi connectivity index (χ4n) is 4.91. The highest BCUT2D eigenvalue weighted by molar-refractivity contribution is 7.19. The molecule has 0 unspecified atom stereocenters. The molecular formula is C26H32N4O2S. The Morgan fingerprint density at radius 3 is 2.79 bits per heavy atom. The minimum atomic E-state index is -0.497. The lowest BCUT2D eigenvalue weighted by atomic mass is 10.1. The maximum atomic E-state index is 11.5. The minimum Gasteiger partial charge on any atom is -0.493 e. The fraction of sp³-hybridized carbons (Fsp3) is 0.423. The van der Waals surface area contributed by atoms with Gasteiger partial charge >= 0.3 is 6.03 Å². The number of aryl methyl sites for hydroxylation is 2. The molecular weight excluding hydrogens is 432 g/mol. The van der Waals surface area contributed by atoms with Gasteiger partial charge < -0.3 is 20.7 Å². The monoisotopic (exact) mass is 464 g/mol. The Morgan fingerprint density at radius 2 is 1.94 bits per heavy atom. The number of primary amides is 1. The second-order valence-electron chi connectivity index (χ2n) is 8.92. The lowest BCUT2D eigenvalue weighted by Gasteiger charge is -2.36. The van der Waals surface area contributed by atoms with Crippen LogP contribution in [0.3, 0.4) is 0 Å². The van der Waals surface area contributed by atoms with E-state index in [-0.39, 0.29) is 0 Å². The standard InChI is InChI=1S/C26H32N4O2S/c27-26(31)28-25-21-7-1-2-8-23(21)33-24(25)9-3-4-12-29-13-15-30(16-14-29)20-11-10-19-6-5-17-32-22(19)18-20/h1-2,7-8,10-11,18H,3-6,9,12-17H2,(H3,27,28,31). The number of unbranched alkanes of at least 4 members (excludes halogenated alkanes) is 1. The molecule has 0 bridgehead atoms. The van der Waals surface area contributed by atoms with Crippen LogP contribution in [-0.2, 0) is 12.8 Å². The summed E-state index contributed by atoms with van der Waals surface area (Å²) in [4.78, 5) is 17.8. The van der Waals surface area contributed by atoms with Crippen molar-refractivity contribution in [3.8, 4) is 5.75 Å². The van der Waals surface area contributed by atoms with Gasteiger partial charge in [-0.15, -0.1) is 11.3 Å². The van der Waals surface area contributed by atoms with Crippen molar-refractivity contribution < 1.29 is 9.53 Å². The van der Waals surface area contributed by atoms with Gasteiger partial charge in [-0.05, 0) is 56.3 Å². The van der Waals surface area contributed by atoms with E-state index in [4.69, 9.17) is 10.5 Å². The van der Waals surface area contributed by atoms with Crippen molar-refractivity contribution in [1.82, 2.24) is 4.90 Å². The van der Waals surface area contributed by atoms with Crippen LogP contribution in [0, 0.1) is 0 Å². The molecule has 33 heavy (non-hydrogen) atoms. The number of nitrogens with zero attached hydrogens (tertiary/aromatic N) is 2. The summed E-state index contributed by atoms with van der Waals surface area (Å²) in [6.07, 6.45) is 5.46. The molecule has 0 atom stereocenters. The molecule has 174 valence electrons. The smallest absolute Gasteiger partial charge is 0.316 e.